The van der Waals surface area contributed by atoms with Gasteiger partial charge in [0.1, 0.15) is 12.3 Å². The first kappa shape index (κ1) is 17.2. The third-order valence-corrected chi connectivity index (χ3v) is 3.39. The number of likely N-dealkylation sites (N-methyl/N-ethyl adjacent to an activating group) is 2. The summed E-state index contributed by atoms with van der Waals surface area (Å²) >= 11 is 0. The summed E-state index contributed by atoms with van der Waals surface area (Å²) < 4.78 is 5.06. The van der Waals surface area contributed by atoms with Gasteiger partial charge in [-0.15, -0.1) is 0 Å². The molecule has 1 N–H and O–H groups in total. The number of amides is 6. The lowest BCUT2D eigenvalue weighted by Crippen LogP contribution is -2.45. The van der Waals surface area contributed by atoms with Crippen LogP contribution in [0.15, 0.2) is 22.8 Å². The molecule has 0 aromatic carbocycles. The van der Waals surface area contributed by atoms with Gasteiger partial charge in [0, 0.05) is 14.1 Å². The van der Waals surface area contributed by atoms with E-state index < -0.39 is 36.2 Å². The molecular formula is C14H16N4O6. The first-order valence-electron chi connectivity index (χ1n) is 6.97. The van der Waals surface area contributed by atoms with E-state index >= 15 is 0 Å². The Morgan fingerprint density at radius 2 is 1.96 bits per heavy atom. The van der Waals surface area contributed by atoms with Gasteiger partial charge in [0.15, 0.2) is 0 Å². The molecule has 1 saturated heterocycles. The summed E-state index contributed by atoms with van der Waals surface area (Å²) in [7, 11) is 2.50. The van der Waals surface area contributed by atoms with Gasteiger partial charge in [0.2, 0.25) is 11.8 Å². The van der Waals surface area contributed by atoms with Crippen LogP contribution in [-0.4, -0.2) is 71.5 Å². The molecule has 1 aromatic rings. The molecule has 0 atom stereocenters. The Morgan fingerprint density at radius 1 is 1.25 bits per heavy atom. The monoisotopic (exact) mass is 336 g/mol. The first-order valence-corrected chi connectivity index (χ1v) is 6.97. The van der Waals surface area contributed by atoms with E-state index in [0.29, 0.717) is 15.6 Å². The topological polar surface area (TPSA) is 120 Å². The minimum atomic E-state index is -1.06. The number of carbonyl (C=O) groups excluding carboxylic acids is 5. The van der Waals surface area contributed by atoms with Crippen molar-refractivity contribution in [2.75, 3.05) is 27.2 Å². The number of hydrogen-bond donors (Lipinski definition) is 1. The van der Waals surface area contributed by atoms with E-state index in [4.69, 9.17) is 4.42 Å². The van der Waals surface area contributed by atoms with Crippen molar-refractivity contribution < 1.29 is 28.4 Å². The van der Waals surface area contributed by atoms with Crippen molar-refractivity contribution >= 4 is 29.7 Å². The molecule has 10 heteroatoms. The van der Waals surface area contributed by atoms with Crippen LogP contribution in [0.1, 0.15) is 5.76 Å². The van der Waals surface area contributed by atoms with Crippen molar-refractivity contribution in [2.45, 2.75) is 6.54 Å². The molecule has 0 radical (unpaired) electrons. The number of hydrogen-bond acceptors (Lipinski definition) is 6. The van der Waals surface area contributed by atoms with Crippen molar-refractivity contribution in [3.8, 4) is 0 Å². The lowest BCUT2D eigenvalue weighted by Gasteiger charge is -2.19. The molecule has 1 fully saturated rings. The molecule has 2 heterocycles. The number of imide groups is 2. The lowest BCUT2D eigenvalue weighted by atomic mass is 10.4. The third-order valence-electron chi connectivity index (χ3n) is 3.39. The summed E-state index contributed by atoms with van der Waals surface area (Å²) in [6.45, 7) is -0.689. The predicted octanol–water partition coefficient (Wildman–Crippen LogP) is -1.23. The van der Waals surface area contributed by atoms with Gasteiger partial charge in [0.25, 0.3) is 0 Å². The van der Waals surface area contributed by atoms with Crippen molar-refractivity contribution in [1.29, 1.82) is 0 Å². The molecule has 128 valence electrons. The smallest absolute Gasteiger partial charge is 0.334 e. The molecule has 0 aliphatic carbocycles. The van der Waals surface area contributed by atoms with Crippen LogP contribution in [0.2, 0.25) is 0 Å². The minimum absolute atomic E-state index is 0.177. The zero-order valence-corrected chi connectivity index (χ0v) is 13.1. The van der Waals surface area contributed by atoms with Gasteiger partial charge in [0.05, 0.1) is 19.4 Å². The Morgan fingerprint density at radius 3 is 2.50 bits per heavy atom. The summed E-state index contributed by atoms with van der Waals surface area (Å²) in [6, 6.07) is 2.50. The fourth-order valence-electron chi connectivity index (χ4n) is 1.97. The normalized spacial score (nSPS) is 14.3. The van der Waals surface area contributed by atoms with E-state index in [9.17, 15) is 24.0 Å². The van der Waals surface area contributed by atoms with Crippen molar-refractivity contribution in [1.82, 2.24) is 20.0 Å². The molecule has 1 aliphatic rings. The van der Waals surface area contributed by atoms with Crippen molar-refractivity contribution in [2.24, 2.45) is 0 Å². The highest BCUT2D eigenvalue weighted by atomic mass is 16.3. The second kappa shape index (κ2) is 6.94. The van der Waals surface area contributed by atoms with Gasteiger partial charge in [-0.1, -0.05) is 0 Å². The van der Waals surface area contributed by atoms with Crippen molar-refractivity contribution in [3.63, 3.8) is 0 Å². The van der Waals surface area contributed by atoms with Gasteiger partial charge in [-0.3, -0.25) is 24.1 Å². The zero-order valence-electron chi connectivity index (χ0n) is 13.1. The van der Waals surface area contributed by atoms with Crippen LogP contribution in [0.25, 0.3) is 0 Å². The maximum absolute atomic E-state index is 12.0. The van der Waals surface area contributed by atoms with Crippen LogP contribution in [0.3, 0.4) is 0 Å². The highest BCUT2D eigenvalue weighted by molar-refractivity contribution is 6.44. The number of carbonyl (C=O) groups is 5. The van der Waals surface area contributed by atoms with Crippen LogP contribution in [0.4, 0.5) is 4.79 Å². The maximum Gasteiger partial charge on any atom is 0.334 e. The second-order valence-electron chi connectivity index (χ2n) is 5.14. The van der Waals surface area contributed by atoms with E-state index in [0.717, 1.165) is 11.9 Å². The SMILES string of the molecule is CN(CC(=O)NCc1ccco1)C(=O)CN1C(=O)C(=O)N(C)C1=O. The van der Waals surface area contributed by atoms with Gasteiger partial charge in [-0.05, 0) is 12.1 Å². The highest BCUT2D eigenvalue weighted by Crippen LogP contribution is 2.09. The Kier molecular flexibility index (Phi) is 4.97. The molecular weight excluding hydrogens is 320 g/mol. The number of nitrogens with zero attached hydrogens (tertiary/aromatic N) is 3. The van der Waals surface area contributed by atoms with E-state index in [1.807, 2.05) is 0 Å². The Labute approximate surface area is 137 Å². The lowest BCUT2D eigenvalue weighted by molar-refractivity contribution is -0.144. The summed E-state index contributed by atoms with van der Waals surface area (Å²) in [5.74, 6) is -2.58. The average molecular weight is 336 g/mol. The van der Waals surface area contributed by atoms with Gasteiger partial charge in [-0.2, -0.15) is 0 Å². The van der Waals surface area contributed by atoms with Gasteiger partial charge < -0.3 is 14.6 Å². The number of rotatable bonds is 6. The second-order valence-corrected chi connectivity index (χ2v) is 5.14. The van der Waals surface area contributed by atoms with Crippen LogP contribution in [0, 0.1) is 0 Å². The standard InChI is InChI=1S/C14H16N4O6/c1-16(7-10(19)15-6-9-4-3-5-24-9)11(20)8-18-13(22)12(21)17(2)14(18)23/h3-5H,6-8H2,1-2H3,(H,15,19). The largest absolute Gasteiger partial charge is 0.467 e. The number of urea groups is 1. The van der Waals surface area contributed by atoms with Crippen LogP contribution in [-0.2, 0) is 25.7 Å². The molecule has 0 spiro atoms. The number of furan rings is 1. The van der Waals surface area contributed by atoms with Crippen LogP contribution < -0.4 is 5.32 Å². The minimum Gasteiger partial charge on any atom is -0.467 e. The fourth-order valence-corrected chi connectivity index (χ4v) is 1.97. The molecule has 1 aliphatic heterocycles. The summed E-state index contributed by atoms with van der Waals surface area (Å²) in [5, 5.41) is 2.56. The van der Waals surface area contributed by atoms with E-state index in [1.54, 1.807) is 12.1 Å². The molecule has 6 amide bonds. The average Bonchev–Trinajstić information content (AvgIpc) is 3.13. The molecule has 1 aromatic heterocycles. The molecule has 2 rings (SSSR count). The van der Waals surface area contributed by atoms with E-state index in [1.165, 1.54) is 13.3 Å². The Bertz CT molecular complexity index is 683. The quantitative estimate of drug-likeness (QED) is 0.513. The predicted molar refractivity (Wildman–Crippen MR) is 78.1 cm³/mol. The van der Waals surface area contributed by atoms with Gasteiger partial charge in [-0.25, -0.2) is 9.69 Å². The third kappa shape index (κ3) is 3.59. The van der Waals surface area contributed by atoms with Gasteiger partial charge >= 0.3 is 17.8 Å². The molecule has 0 bridgehead atoms. The summed E-state index contributed by atoms with van der Waals surface area (Å²) in [5.41, 5.74) is 0. The zero-order chi connectivity index (χ0) is 17.9. The van der Waals surface area contributed by atoms with Crippen LogP contribution in [0.5, 0.6) is 0 Å². The molecule has 0 saturated carbocycles. The first-order chi connectivity index (χ1) is 11.3. The van der Waals surface area contributed by atoms with Crippen molar-refractivity contribution in [3.05, 3.63) is 24.2 Å². The maximum atomic E-state index is 12.0. The molecule has 24 heavy (non-hydrogen) atoms. The molecule has 0 unspecified atom stereocenters. The Balaban J connectivity index is 1.83. The fraction of sp³-hybridized carbons (Fsp3) is 0.357. The molecule has 10 nitrogen and oxygen atoms in total. The van der Waals surface area contributed by atoms with Crippen LogP contribution >= 0.6 is 0 Å². The van der Waals surface area contributed by atoms with E-state index in [-0.39, 0.29) is 13.1 Å². The van der Waals surface area contributed by atoms with E-state index in [2.05, 4.69) is 5.32 Å². The summed E-state index contributed by atoms with van der Waals surface area (Å²) in [4.78, 5) is 60.7. The highest BCUT2D eigenvalue weighted by Gasteiger charge is 2.43. The summed E-state index contributed by atoms with van der Waals surface area (Å²) in [6.07, 6.45) is 1.47. The number of nitrogens with one attached hydrogen (secondary N) is 1. The Hall–Kier alpha value is -3.17.